The number of aromatic nitrogens is 3. The number of imidazole rings is 1. The number of aromatic amines is 2. The van der Waals surface area contributed by atoms with Crippen LogP contribution in [0.3, 0.4) is 0 Å². The number of ether oxygens (including phenoxy) is 1. The van der Waals surface area contributed by atoms with Crippen LogP contribution in [0.4, 0.5) is 5.69 Å². The average Bonchev–Trinajstić information content (AvgIpc) is 3.52. The lowest BCUT2D eigenvalue weighted by Crippen LogP contribution is -2.41. The molecule has 1 atom stereocenters. The third kappa shape index (κ3) is 5.94. The molecule has 0 bridgehead atoms. The Balaban J connectivity index is 1.19. The van der Waals surface area contributed by atoms with Gasteiger partial charge in [-0.05, 0) is 67.7 Å². The third-order valence-corrected chi connectivity index (χ3v) is 8.48. The standard InChI is InChI=1S/C31H33ClN6O5/c1-43-12-11-37-9-6-18(7-10-37)17-38-30(41)21-14-24-25(15-22(21)31(38)42)36-28(35-24)27-23(5-8-33-29(27)40)34-16-26(39)19-3-2-4-20(32)13-19/h2-5,8,13-15,18,26,39H,6-7,9-12,16-17H2,1H3,(H,35,36)(H2,33,34,40)/t26-/m1/s1. The number of hydrogen-bond donors (Lipinski definition) is 4. The van der Waals surface area contributed by atoms with E-state index in [-0.39, 0.29) is 41.2 Å². The van der Waals surface area contributed by atoms with Gasteiger partial charge in [0.05, 0.1) is 40.6 Å². The number of nitrogens with zero attached hydrogens (tertiary/aromatic N) is 3. The van der Waals surface area contributed by atoms with Crippen molar-refractivity contribution in [3.63, 3.8) is 0 Å². The quantitative estimate of drug-likeness (QED) is 0.201. The lowest BCUT2D eigenvalue weighted by atomic mass is 9.96. The molecule has 1 saturated heterocycles. The summed E-state index contributed by atoms with van der Waals surface area (Å²) < 4.78 is 5.17. The molecule has 11 nitrogen and oxygen atoms in total. The van der Waals surface area contributed by atoms with Crippen LogP contribution in [0.25, 0.3) is 22.4 Å². The van der Waals surface area contributed by atoms with Gasteiger partial charge in [-0.15, -0.1) is 0 Å². The van der Waals surface area contributed by atoms with Gasteiger partial charge in [-0.25, -0.2) is 4.98 Å². The number of carbonyl (C=O) groups is 2. The lowest BCUT2D eigenvalue weighted by molar-refractivity contribution is 0.0588. The van der Waals surface area contributed by atoms with Gasteiger partial charge < -0.3 is 30.0 Å². The normalized spacial score (nSPS) is 16.7. The summed E-state index contributed by atoms with van der Waals surface area (Å²) in [7, 11) is 1.69. The molecule has 2 aliphatic heterocycles. The van der Waals surface area contributed by atoms with Crippen molar-refractivity contribution in [2.45, 2.75) is 18.9 Å². The fourth-order valence-electron chi connectivity index (χ4n) is 5.85. The van der Waals surface area contributed by atoms with Crippen LogP contribution < -0.4 is 10.9 Å². The average molecular weight is 605 g/mol. The summed E-state index contributed by atoms with van der Waals surface area (Å²) >= 11 is 6.06. The van der Waals surface area contributed by atoms with E-state index in [1.165, 1.54) is 11.1 Å². The number of methoxy groups -OCH3 is 1. The van der Waals surface area contributed by atoms with Crippen molar-refractivity contribution in [3.8, 4) is 11.4 Å². The summed E-state index contributed by atoms with van der Waals surface area (Å²) in [5.41, 5.74) is 2.61. The molecule has 2 aromatic heterocycles. The Morgan fingerprint density at radius 2 is 1.88 bits per heavy atom. The molecule has 0 spiro atoms. The molecule has 2 aliphatic rings. The zero-order valence-electron chi connectivity index (χ0n) is 23.7. The number of piperidine rings is 1. The molecule has 0 radical (unpaired) electrons. The summed E-state index contributed by atoms with van der Waals surface area (Å²) in [6.45, 7) is 3.93. The molecule has 2 amide bonds. The number of amides is 2. The van der Waals surface area contributed by atoms with Crippen molar-refractivity contribution in [1.29, 1.82) is 0 Å². The number of hydrogen-bond acceptors (Lipinski definition) is 8. The zero-order chi connectivity index (χ0) is 30.1. The molecular weight excluding hydrogens is 572 g/mol. The predicted molar refractivity (Wildman–Crippen MR) is 163 cm³/mol. The molecule has 43 heavy (non-hydrogen) atoms. The van der Waals surface area contributed by atoms with E-state index in [0.29, 0.717) is 51.6 Å². The van der Waals surface area contributed by atoms with Crippen LogP contribution in [-0.4, -0.2) is 88.1 Å². The number of fused-ring (bicyclic) bond motifs is 2. The van der Waals surface area contributed by atoms with Crippen LogP contribution in [0.15, 0.2) is 53.5 Å². The summed E-state index contributed by atoms with van der Waals surface area (Å²) in [6.07, 6.45) is 2.47. The van der Waals surface area contributed by atoms with Gasteiger partial charge in [-0.3, -0.25) is 19.3 Å². The SMILES string of the molecule is COCCN1CCC(CN2C(=O)c3cc4nc(-c5c(NC[C@@H](O)c6cccc(Cl)c6)cc[nH]c5=O)[nH]c4cc3C2=O)CC1. The second-order valence-corrected chi connectivity index (χ2v) is 11.5. The zero-order valence-corrected chi connectivity index (χ0v) is 24.5. The Labute approximate surface area is 252 Å². The number of imide groups is 1. The van der Waals surface area contributed by atoms with E-state index < -0.39 is 6.10 Å². The number of anilines is 1. The number of nitrogens with one attached hydrogen (secondary N) is 3. The maximum absolute atomic E-state index is 13.3. The van der Waals surface area contributed by atoms with E-state index in [1.807, 2.05) is 0 Å². The number of benzene rings is 2. The number of aliphatic hydroxyl groups excluding tert-OH is 1. The number of halogens is 1. The first kappa shape index (κ1) is 29.1. The highest BCUT2D eigenvalue weighted by Crippen LogP contribution is 2.32. The van der Waals surface area contributed by atoms with Crippen LogP contribution in [0.2, 0.25) is 5.02 Å². The Morgan fingerprint density at radius 3 is 2.63 bits per heavy atom. The molecule has 4 heterocycles. The van der Waals surface area contributed by atoms with Gasteiger partial charge in [0.25, 0.3) is 17.4 Å². The van der Waals surface area contributed by atoms with Crippen LogP contribution in [0.5, 0.6) is 0 Å². The van der Waals surface area contributed by atoms with Gasteiger partial charge in [-0.2, -0.15) is 0 Å². The Hall–Kier alpha value is -4.03. The fraction of sp³-hybridized carbons (Fsp3) is 0.355. The van der Waals surface area contributed by atoms with Crippen molar-refractivity contribution in [2.75, 3.05) is 51.8 Å². The molecule has 1 fully saturated rings. The van der Waals surface area contributed by atoms with Gasteiger partial charge in [0.2, 0.25) is 0 Å². The number of likely N-dealkylation sites (tertiary alicyclic amines) is 1. The maximum Gasteiger partial charge on any atom is 0.261 e. The van der Waals surface area contributed by atoms with Gasteiger partial charge in [0.1, 0.15) is 11.4 Å². The maximum atomic E-state index is 13.3. The molecule has 0 aliphatic carbocycles. The Morgan fingerprint density at radius 1 is 1.12 bits per heavy atom. The van der Waals surface area contributed by atoms with Crippen LogP contribution >= 0.6 is 11.6 Å². The minimum absolute atomic E-state index is 0.121. The van der Waals surface area contributed by atoms with Gasteiger partial charge in [0, 0.05) is 38.0 Å². The van der Waals surface area contributed by atoms with Crippen molar-refractivity contribution >= 4 is 40.1 Å². The number of pyridine rings is 1. The molecule has 224 valence electrons. The molecule has 0 saturated carbocycles. The van der Waals surface area contributed by atoms with E-state index in [9.17, 15) is 19.5 Å². The third-order valence-electron chi connectivity index (χ3n) is 8.25. The topological polar surface area (TPSA) is 144 Å². The molecule has 2 aromatic carbocycles. The van der Waals surface area contributed by atoms with E-state index in [0.717, 1.165) is 32.5 Å². The van der Waals surface area contributed by atoms with E-state index >= 15 is 0 Å². The number of aliphatic hydroxyl groups is 1. The molecule has 12 heteroatoms. The minimum atomic E-state index is -0.868. The fourth-order valence-corrected chi connectivity index (χ4v) is 6.05. The second kappa shape index (κ2) is 12.3. The van der Waals surface area contributed by atoms with Crippen LogP contribution in [-0.2, 0) is 4.74 Å². The number of carbonyl (C=O) groups excluding carboxylic acids is 2. The largest absolute Gasteiger partial charge is 0.387 e. The Kier molecular flexibility index (Phi) is 8.31. The summed E-state index contributed by atoms with van der Waals surface area (Å²) in [4.78, 5) is 53.8. The van der Waals surface area contributed by atoms with Crippen LogP contribution in [0, 0.1) is 5.92 Å². The lowest BCUT2D eigenvalue weighted by Gasteiger charge is -2.33. The highest BCUT2D eigenvalue weighted by atomic mass is 35.5. The highest BCUT2D eigenvalue weighted by molar-refractivity contribution is 6.30. The van der Waals surface area contributed by atoms with Crippen molar-refractivity contribution in [1.82, 2.24) is 24.8 Å². The molecular formula is C31H33ClN6O5. The smallest absolute Gasteiger partial charge is 0.261 e. The number of H-pyrrole nitrogens is 2. The van der Waals surface area contributed by atoms with E-state index in [4.69, 9.17) is 16.3 Å². The van der Waals surface area contributed by atoms with Crippen molar-refractivity contribution in [3.05, 3.63) is 80.7 Å². The summed E-state index contributed by atoms with van der Waals surface area (Å²) in [5, 5.41) is 14.3. The second-order valence-electron chi connectivity index (χ2n) is 11.0. The first-order chi connectivity index (χ1) is 20.8. The Bertz CT molecular complexity index is 1670. The van der Waals surface area contributed by atoms with Gasteiger partial charge >= 0.3 is 0 Å². The molecule has 0 unspecified atom stereocenters. The predicted octanol–water partition coefficient (Wildman–Crippen LogP) is 3.67. The van der Waals surface area contributed by atoms with Crippen molar-refractivity contribution in [2.24, 2.45) is 5.92 Å². The van der Waals surface area contributed by atoms with E-state index in [1.54, 1.807) is 49.6 Å². The van der Waals surface area contributed by atoms with Gasteiger partial charge in [-0.1, -0.05) is 23.7 Å². The number of rotatable bonds is 10. The molecule has 6 rings (SSSR count). The van der Waals surface area contributed by atoms with Crippen LogP contribution in [0.1, 0.15) is 45.2 Å². The first-order valence-corrected chi connectivity index (χ1v) is 14.7. The minimum Gasteiger partial charge on any atom is -0.387 e. The highest BCUT2D eigenvalue weighted by Gasteiger charge is 2.38. The monoisotopic (exact) mass is 604 g/mol. The van der Waals surface area contributed by atoms with Crippen molar-refractivity contribution < 1.29 is 19.4 Å². The van der Waals surface area contributed by atoms with E-state index in [2.05, 4.69) is 25.2 Å². The molecule has 4 aromatic rings. The summed E-state index contributed by atoms with van der Waals surface area (Å²) in [5.74, 6) is -0.0982. The molecule has 4 N–H and O–H groups in total. The first-order valence-electron chi connectivity index (χ1n) is 14.3. The summed E-state index contributed by atoms with van der Waals surface area (Å²) in [6, 6.07) is 11.9. The van der Waals surface area contributed by atoms with Gasteiger partial charge in [0.15, 0.2) is 0 Å².